The number of rotatable bonds is 5. The topological polar surface area (TPSA) is 82.7 Å². The van der Waals surface area contributed by atoms with E-state index in [1.165, 1.54) is 0 Å². The number of amides is 1. The van der Waals surface area contributed by atoms with Gasteiger partial charge < -0.3 is 14.5 Å². The maximum atomic E-state index is 12.8. The zero-order valence-corrected chi connectivity index (χ0v) is 14.0. The number of hydrogen-bond acceptors (Lipinski definition) is 6. The van der Waals surface area contributed by atoms with Gasteiger partial charge in [0.1, 0.15) is 0 Å². The molecule has 1 aromatic heterocycles. The van der Waals surface area contributed by atoms with Crippen molar-refractivity contribution in [3.05, 3.63) is 11.7 Å². The molecule has 2 fully saturated rings. The van der Waals surface area contributed by atoms with E-state index in [1.54, 1.807) is 0 Å². The Morgan fingerprint density at radius 1 is 1.35 bits per heavy atom. The molecule has 0 aliphatic carbocycles. The van der Waals surface area contributed by atoms with E-state index in [-0.39, 0.29) is 23.8 Å². The molecule has 1 N–H and O–H groups in total. The molecule has 23 heavy (non-hydrogen) atoms. The highest BCUT2D eigenvalue weighted by molar-refractivity contribution is 5.84. The highest BCUT2D eigenvalue weighted by Gasteiger charge is 2.48. The van der Waals surface area contributed by atoms with Crippen molar-refractivity contribution in [3.8, 4) is 0 Å². The minimum Gasteiger partial charge on any atom is -0.395 e. The maximum absolute atomic E-state index is 12.8. The summed E-state index contributed by atoms with van der Waals surface area (Å²) >= 11 is 0. The highest BCUT2D eigenvalue weighted by Crippen LogP contribution is 2.40. The molecule has 1 aromatic rings. The first-order valence-electron chi connectivity index (χ1n) is 8.49. The van der Waals surface area contributed by atoms with Crippen molar-refractivity contribution in [3.63, 3.8) is 0 Å². The Labute approximate surface area is 136 Å². The standard InChI is InChI=1S/C16H26N4O3/c1-12(2)14-17-13(23-18-14)10-19-7-5-16(11-19)4-3-6-20(8-9-21)15(16)22/h12,21H,3-11H2,1-2H3/t16-/m0/s1. The van der Waals surface area contributed by atoms with Gasteiger partial charge in [0.25, 0.3) is 0 Å². The third-order valence-electron chi connectivity index (χ3n) is 4.99. The molecule has 2 aliphatic heterocycles. The lowest BCUT2D eigenvalue weighted by molar-refractivity contribution is -0.146. The molecule has 2 aliphatic rings. The van der Waals surface area contributed by atoms with Crippen molar-refractivity contribution in [2.24, 2.45) is 5.41 Å². The van der Waals surface area contributed by atoms with Gasteiger partial charge in [-0.05, 0) is 25.8 Å². The first-order valence-corrected chi connectivity index (χ1v) is 8.49. The molecule has 1 amide bonds. The van der Waals surface area contributed by atoms with Gasteiger partial charge in [0.05, 0.1) is 18.6 Å². The predicted octanol–water partition coefficient (Wildman–Crippen LogP) is 1.000. The first-order chi connectivity index (χ1) is 11.0. The normalized spacial score (nSPS) is 25.9. The van der Waals surface area contributed by atoms with Crippen LogP contribution in [0.2, 0.25) is 0 Å². The number of carbonyl (C=O) groups is 1. The van der Waals surface area contributed by atoms with E-state index in [4.69, 9.17) is 9.63 Å². The largest absolute Gasteiger partial charge is 0.395 e. The van der Waals surface area contributed by atoms with E-state index in [0.29, 0.717) is 19.0 Å². The van der Waals surface area contributed by atoms with Gasteiger partial charge in [-0.15, -0.1) is 0 Å². The second kappa shape index (κ2) is 6.57. The Bertz CT molecular complexity index is 557. The zero-order chi connectivity index (χ0) is 16.4. The van der Waals surface area contributed by atoms with Crippen LogP contribution in [0.3, 0.4) is 0 Å². The van der Waals surface area contributed by atoms with Crippen LogP contribution in [-0.4, -0.2) is 63.7 Å². The number of piperidine rings is 1. The molecule has 1 atom stereocenters. The lowest BCUT2D eigenvalue weighted by atomic mass is 9.78. The summed E-state index contributed by atoms with van der Waals surface area (Å²) in [4.78, 5) is 21.2. The Balaban J connectivity index is 1.64. The smallest absolute Gasteiger partial charge is 0.240 e. The molecule has 0 saturated carbocycles. The second-order valence-corrected chi connectivity index (χ2v) is 7.06. The van der Waals surface area contributed by atoms with E-state index in [1.807, 2.05) is 18.7 Å². The molecule has 3 heterocycles. The quantitative estimate of drug-likeness (QED) is 0.871. The zero-order valence-electron chi connectivity index (χ0n) is 14.0. The summed E-state index contributed by atoms with van der Waals surface area (Å²) in [5.41, 5.74) is -0.283. The summed E-state index contributed by atoms with van der Waals surface area (Å²) in [6.07, 6.45) is 2.82. The van der Waals surface area contributed by atoms with Gasteiger partial charge in [-0.25, -0.2) is 0 Å². The number of nitrogens with zero attached hydrogens (tertiary/aromatic N) is 4. The molecule has 0 aromatic carbocycles. The van der Waals surface area contributed by atoms with Gasteiger partial charge in [0.2, 0.25) is 11.8 Å². The number of aliphatic hydroxyl groups is 1. The van der Waals surface area contributed by atoms with Gasteiger partial charge in [-0.1, -0.05) is 19.0 Å². The maximum Gasteiger partial charge on any atom is 0.240 e. The summed E-state index contributed by atoms with van der Waals surface area (Å²) in [5.74, 6) is 1.82. The van der Waals surface area contributed by atoms with Gasteiger partial charge in [0, 0.05) is 25.6 Å². The summed E-state index contributed by atoms with van der Waals surface area (Å²) < 4.78 is 5.32. The molecule has 7 nitrogen and oxygen atoms in total. The SMILES string of the molecule is CC(C)c1noc(CN2CC[C@@]3(CCCN(CCO)C3=O)C2)n1. The van der Waals surface area contributed by atoms with E-state index >= 15 is 0 Å². The van der Waals surface area contributed by atoms with Gasteiger partial charge in [0.15, 0.2) is 5.82 Å². The van der Waals surface area contributed by atoms with Crippen molar-refractivity contribution >= 4 is 5.91 Å². The molecule has 3 rings (SSSR count). The van der Waals surface area contributed by atoms with Crippen LogP contribution in [-0.2, 0) is 11.3 Å². The van der Waals surface area contributed by atoms with Crippen LogP contribution in [0.15, 0.2) is 4.52 Å². The van der Waals surface area contributed by atoms with Crippen molar-refractivity contribution in [2.75, 3.05) is 32.8 Å². The molecule has 7 heteroatoms. The number of β-amino-alcohol motifs (C(OH)–C–C–N with tert-alkyl or cyclic N) is 1. The molecular weight excluding hydrogens is 296 g/mol. The fourth-order valence-electron chi connectivity index (χ4n) is 3.72. The third-order valence-corrected chi connectivity index (χ3v) is 4.99. The van der Waals surface area contributed by atoms with Gasteiger partial charge in [-0.2, -0.15) is 4.98 Å². The summed E-state index contributed by atoms with van der Waals surface area (Å²) in [6, 6.07) is 0. The van der Waals surface area contributed by atoms with Crippen LogP contribution in [0.5, 0.6) is 0 Å². The number of hydrogen-bond donors (Lipinski definition) is 1. The van der Waals surface area contributed by atoms with E-state index in [2.05, 4.69) is 15.0 Å². The third kappa shape index (κ3) is 3.26. The van der Waals surface area contributed by atoms with E-state index < -0.39 is 0 Å². The summed E-state index contributed by atoms with van der Waals surface area (Å²) in [5, 5.41) is 13.1. The number of carbonyl (C=O) groups excluding carboxylic acids is 1. The molecule has 128 valence electrons. The first kappa shape index (κ1) is 16.4. The highest BCUT2D eigenvalue weighted by atomic mass is 16.5. The predicted molar refractivity (Wildman–Crippen MR) is 83.6 cm³/mol. The van der Waals surface area contributed by atoms with Crippen molar-refractivity contribution in [1.82, 2.24) is 19.9 Å². The fourth-order valence-corrected chi connectivity index (χ4v) is 3.72. The second-order valence-electron chi connectivity index (χ2n) is 7.06. The summed E-state index contributed by atoms with van der Waals surface area (Å²) in [6.45, 7) is 7.54. The monoisotopic (exact) mass is 322 g/mol. The minimum atomic E-state index is -0.283. The average molecular weight is 322 g/mol. The van der Waals surface area contributed by atoms with Crippen LogP contribution in [0.4, 0.5) is 0 Å². The van der Waals surface area contributed by atoms with Crippen LogP contribution < -0.4 is 0 Å². The molecule has 1 spiro atoms. The molecule has 2 saturated heterocycles. The Kier molecular flexibility index (Phi) is 4.68. The van der Waals surface area contributed by atoms with Crippen LogP contribution in [0, 0.1) is 5.41 Å². The van der Waals surface area contributed by atoms with Gasteiger partial charge in [-0.3, -0.25) is 9.69 Å². The summed E-state index contributed by atoms with van der Waals surface area (Å²) in [7, 11) is 0. The molecular formula is C16H26N4O3. The van der Waals surface area contributed by atoms with Crippen LogP contribution >= 0.6 is 0 Å². The Hall–Kier alpha value is -1.47. The van der Waals surface area contributed by atoms with Crippen LogP contribution in [0.1, 0.15) is 50.7 Å². The van der Waals surface area contributed by atoms with Gasteiger partial charge >= 0.3 is 0 Å². The Morgan fingerprint density at radius 3 is 2.87 bits per heavy atom. The minimum absolute atomic E-state index is 0.0332. The number of likely N-dealkylation sites (tertiary alicyclic amines) is 2. The van der Waals surface area contributed by atoms with Crippen molar-refractivity contribution in [1.29, 1.82) is 0 Å². The number of aromatic nitrogens is 2. The number of aliphatic hydroxyl groups excluding tert-OH is 1. The fraction of sp³-hybridized carbons (Fsp3) is 0.812. The molecule has 0 unspecified atom stereocenters. The van der Waals surface area contributed by atoms with Crippen molar-refractivity contribution in [2.45, 2.75) is 45.6 Å². The lowest BCUT2D eigenvalue weighted by Gasteiger charge is -2.39. The van der Waals surface area contributed by atoms with E-state index in [9.17, 15) is 4.79 Å². The van der Waals surface area contributed by atoms with Crippen LogP contribution in [0.25, 0.3) is 0 Å². The molecule has 0 bridgehead atoms. The van der Waals surface area contributed by atoms with Crippen molar-refractivity contribution < 1.29 is 14.4 Å². The molecule has 0 radical (unpaired) electrons. The Morgan fingerprint density at radius 2 is 2.17 bits per heavy atom. The lowest BCUT2D eigenvalue weighted by Crippen LogP contribution is -2.50. The van der Waals surface area contributed by atoms with E-state index in [0.717, 1.165) is 44.7 Å². The average Bonchev–Trinajstić information content (AvgIpc) is 3.13.